The second-order valence-electron chi connectivity index (χ2n) is 8.97. The van der Waals surface area contributed by atoms with E-state index in [1.807, 2.05) is 18.2 Å². The van der Waals surface area contributed by atoms with Crippen LogP contribution in [0.15, 0.2) is 60.8 Å². The quantitative estimate of drug-likeness (QED) is 0.387. The van der Waals surface area contributed by atoms with Gasteiger partial charge < -0.3 is 15.0 Å². The van der Waals surface area contributed by atoms with Crippen LogP contribution in [0.1, 0.15) is 19.5 Å². The van der Waals surface area contributed by atoms with Gasteiger partial charge in [0.15, 0.2) is 5.69 Å². The molecule has 1 aliphatic heterocycles. The Hall–Kier alpha value is -3.59. The first kappa shape index (κ1) is 23.2. The van der Waals surface area contributed by atoms with Crippen LogP contribution < -0.4 is 10.2 Å². The summed E-state index contributed by atoms with van der Waals surface area (Å²) >= 11 is 0. The zero-order valence-corrected chi connectivity index (χ0v) is 19.7. The highest BCUT2D eigenvalue weighted by Gasteiger charge is 2.36. The normalized spacial score (nSPS) is 18.7. The molecule has 0 radical (unpaired) electrons. The third kappa shape index (κ3) is 4.81. The summed E-state index contributed by atoms with van der Waals surface area (Å²) in [6, 6.07) is 16.7. The van der Waals surface area contributed by atoms with Gasteiger partial charge in [-0.2, -0.15) is 18.3 Å². The second-order valence-corrected chi connectivity index (χ2v) is 8.97. The van der Waals surface area contributed by atoms with Gasteiger partial charge in [-0.25, -0.2) is 4.98 Å². The maximum Gasteiger partial charge on any atom is 0.435 e. The molecule has 1 fully saturated rings. The Morgan fingerprint density at radius 1 is 0.971 bits per heavy atom. The van der Waals surface area contributed by atoms with E-state index < -0.39 is 11.9 Å². The van der Waals surface area contributed by atoms with Crippen molar-refractivity contribution in [2.24, 2.45) is 7.05 Å². The number of pyridine rings is 1. The van der Waals surface area contributed by atoms with E-state index in [2.05, 4.69) is 46.3 Å². The van der Waals surface area contributed by atoms with Gasteiger partial charge in [0.1, 0.15) is 5.82 Å². The number of nitrogens with one attached hydrogen (secondary N) is 1. The predicted octanol–water partition coefficient (Wildman–Crippen LogP) is 6.01. The molecule has 1 aliphatic rings. The number of aromatic nitrogens is 3. The monoisotopic (exact) mass is 481 g/mol. The summed E-state index contributed by atoms with van der Waals surface area (Å²) in [5.74, 6) is 0.602. The Morgan fingerprint density at radius 2 is 1.71 bits per heavy atom. The molecule has 4 aromatic rings. The zero-order valence-electron chi connectivity index (χ0n) is 19.7. The second kappa shape index (κ2) is 8.88. The van der Waals surface area contributed by atoms with Crippen LogP contribution in [0, 0.1) is 0 Å². The molecule has 1 saturated heterocycles. The van der Waals surface area contributed by atoms with E-state index in [1.165, 1.54) is 17.8 Å². The first-order chi connectivity index (χ1) is 16.7. The molecule has 2 aromatic heterocycles. The van der Waals surface area contributed by atoms with Crippen molar-refractivity contribution in [2.45, 2.75) is 32.2 Å². The first-order valence-corrected chi connectivity index (χ1v) is 11.5. The van der Waals surface area contributed by atoms with Crippen molar-refractivity contribution in [3.63, 3.8) is 0 Å². The van der Waals surface area contributed by atoms with Gasteiger partial charge in [0, 0.05) is 43.1 Å². The topological polar surface area (TPSA) is 55.2 Å². The molecule has 2 aromatic carbocycles. The first-order valence-electron chi connectivity index (χ1n) is 11.5. The Morgan fingerprint density at radius 3 is 2.46 bits per heavy atom. The van der Waals surface area contributed by atoms with Crippen molar-refractivity contribution >= 4 is 28.1 Å². The van der Waals surface area contributed by atoms with E-state index in [0.29, 0.717) is 16.9 Å². The molecule has 182 valence electrons. The summed E-state index contributed by atoms with van der Waals surface area (Å²) < 4.78 is 47.5. The van der Waals surface area contributed by atoms with Crippen molar-refractivity contribution in [3.8, 4) is 11.1 Å². The molecule has 0 amide bonds. The van der Waals surface area contributed by atoms with Gasteiger partial charge in [-0.1, -0.05) is 12.1 Å². The van der Waals surface area contributed by atoms with E-state index >= 15 is 0 Å². The Bertz CT molecular complexity index is 1360. The number of anilines is 3. The molecule has 9 heteroatoms. The number of aryl methyl sites for hydroxylation is 1. The molecule has 5 rings (SSSR count). The lowest BCUT2D eigenvalue weighted by molar-refractivity contribution is -0.140. The minimum absolute atomic E-state index is 0.0745. The Balaban J connectivity index is 1.42. The molecular weight excluding hydrogens is 455 g/mol. The summed E-state index contributed by atoms with van der Waals surface area (Å²) in [5, 5.41) is 7.08. The molecule has 0 saturated carbocycles. The summed E-state index contributed by atoms with van der Waals surface area (Å²) in [6.45, 7) is 5.78. The molecule has 0 unspecified atom stereocenters. The van der Waals surface area contributed by atoms with E-state index in [9.17, 15) is 13.2 Å². The highest BCUT2D eigenvalue weighted by atomic mass is 19.4. The van der Waals surface area contributed by atoms with Crippen LogP contribution >= 0.6 is 0 Å². The van der Waals surface area contributed by atoms with E-state index in [0.717, 1.165) is 30.0 Å². The standard InChI is InChI=1S/C26H26F3N5O/c1-16-14-34(15-17(2)35-16)21-6-4-5-20(13-21)31-24-12-19(9-10-30-24)18-7-8-23-22(11-18)25(26(27,28)29)32-33(23)3/h4-13,16-17H,14-15H2,1-3H3,(H,30,31)/t16-,17+. The molecule has 1 N–H and O–H groups in total. The number of ether oxygens (including phenoxy) is 1. The van der Waals surface area contributed by atoms with Crippen LogP contribution in [-0.2, 0) is 18.0 Å². The lowest BCUT2D eigenvalue weighted by atomic mass is 10.0. The number of hydrogen-bond donors (Lipinski definition) is 1. The van der Waals surface area contributed by atoms with Crippen LogP contribution in [0.25, 0.3) is 22.0 Å². The number of halogens is 3. The van der Waals surface area contributed by atoms with Crippen LogP contribution in [0.5, 0.6) is 0 Å². The van der Waals surface area contributed by atoms with Crippen LogP contribution in [-0.4, -0.2) is 40.1 Å². The van der Waals surface area contributed by atoms with Crippen LogP contribution in [0.2, 0.25) is 0 Å². The Labute approximate surface area is 201 Å². The summed E-state index contributed by atoms with van der Waals surface area (Å²) in [5.41, 5.74) is 2.93. The summed E-state index contributed by atoms with van der Waals surface area (Å²) in [4.78, 5) is 6.71. The molecule has 35 heavy (non-hydrogen) atoms. The van der Waals surface area contributed by atoms with Gasteiger partial charge in [0.05, 0.1) is 17.7 Å². The highest BCUT2D eigenvalue weighted by Crippen LogP contribution is 2.36. The third-order valence-corrected chi connectivity index (χ3v) is 6.12. The number of nitrogens with zero attached hydrogens (tertiary/aromatic N) is 4. The van der Waals surface area contributed by atoms with E-state index in [1.54, 1.807) is 24.4 Å². The number of rotatable bonds is 4. The largest absolute Gasteiger partial charge is 0.435 e. The van der Waals surface area contributed by atoms with Gasteiger partial charge in [-0.15, -0.1) is 0 Å². The number of hydrogen-bond acceptors (Lipinski definition) is 5. The minimum Gasteiger partial charge on any atom is -0.372 e. The molecule has 2 atom stereocenters. The number of morpholine rings is 1. The molecule has 3 heterocycles. The Kier molecular flexibility index (Phi) is 5.88. The average Bonchev–Trinajstić information content (AvgIpc) is 3.15. The SMILES string of the molecule is C[C@@H]1CN(c2cccc(Nc3cc(-c4ccc5c(c4)c(C(F)(F)F)nn5C)ccn3)c2)C[C@H](C)O1. The van der Waals surface area contributed by atoms with Gasteiger partial charge in [0.25, 0.3) is 0 Å². The molecule has 0 aliphatic carbocycles. The van der Waals surface area contributed by atoms with Gasteiger partial charge in [0.2, 0.25) is 0 Å². The maximum atomic E-state index is 13.5. The fourth-order valence-corrected chi connectivity index (χ4v) is 4.65. The zero-order chi connectivity index (χ0) is 24.7. The molecule has 0 spiro atoms. The minimum atomic E-state index is -4.52. The van der Waals surface area contributed by atoms with E-state index in [4.69, 9.17) is 4.74 Å². The number of benzene rings is 2. The smallest absolute Gasteiger partial charge is 0.372 e. The molecule has 0 bridgehead atoms. The van der Waals surface area contributed by atoms with Crippen molar-refractivity contribution in [2.75, 3.05) is 23.3 Å². The summed E-state index contributed by atoms with van der Waals surface area (Å²) in [7, 11) is 1.51. The van der Waals surface area contributed by atoms with Crippen molar-refractivity contribution in [1.29, 1.82) is 0 Å². The molecular formula is C26H26F3N5O. The van der Waals surface area contributed by atoms with Crippen LogP contribution in [0.4, 0.5) is 30.4 Å². The average molecular weight is 482 g/mol. The van der Waals surface area contributed by atoms with Crippen molar-refractivity contribution < 1.29 is 17.9 Å². The van der Waals surface area contributed by atoms with Gasteiger partial charge in [-0.05, 0) is 67.4 Å². The third-order valence-electron chi connectivity index (χ3n) is 6.12. The fraction of sp³-hybridized carbons (Fsp3) is 0.308. The van der Waals surface area contributed by atoms with Crippen LogP contribution in [0.3, 0.4) is 0 Å². The van der Waals surface area contributed by atoms with Crippen molar-refractivity contribution in [3.05, 3.63) is 66.5 Å². The lowest BCUT2D eigenvalue weighted by Crippen LogP contribution is -2.45. The lowest BCUT2D eigenvalue weighted by Gasteiger charge is -2.37. The fourth-order valence-electron chi connectivity index (χ4n) is 4.65. The maximum absolute atomic E-state index is 13.5. The van der Waals surface area contributed by atoms with Crippen molar-refractivity contribution in [1.82, 2.24) is 14.8 Å². The predicted molar refractivity (Wildman–Crippen MR) is 131 cm³/mol. The van der Waals surface area contributed by atoms with Gasteiger partial charge >= 0.3 is 6.18 Å². The number of alkyl halides is 3. The highest BCUT2D eigenvalue weighted by molar-refractivity contribution is 5.88. The van der Waals surface area contributed by atoms with Gasteiger partial charge in [-0.3, -0.25) is 4.68 Å². The number of fused-ring (bicyclic) bond motifs is 1. The summed E-state index contributed by atoms with van der Waals surface area (Å²) in [6.07, 6.45) is -2.57. The molecule has 6 nitrogen and oxygen atoms in total. The van der Waals surface area contributed by atoms with E-state index in [-0.39, 0.29) is 17.6 Å².